The Kier molecular flexibility index (Phi) is 7.13. The number of nitrogens with one attached hydrogen (secondary N) is 1. The summed E-state index contributed by atoms with van der Waals surface area (Å²) in [6.07, 6.45) is 1.40. The Morgan fingerprint density at radius 3 is 2.39 bits per heavy atom. The monoisotopic (exact) mass is 433 g/mol. The first-order chi connectivity index (χ1) is 10.3. The molecule has 1 aromatic rings. The maximum atomic E-state index is 6.02. The van der Waals surface area contributed by atoms with Crippen LogP contribution in [0.2, 0.25) is 0 Å². The highest BCUT2D eigenvalue weighted by Gasteiger charge is 2.49. The Bertz CT molecular complexity index is 529. The summed E-state index contributed by atoms with van der Waals surface area (Å²) in [4.78, 5) is 4.60. The number of nitrogens with two attached hydrogens (primary N) is 1. The fourth-order valence-corrected chi connectivity index (χ4v) is 2.67. The molecule has 0 radical (unpaired) electrons. The maximum absolute atomic E-state index is 6.02. The zero-order valence-electron chi connectivity index (χ0n) is 14.5. The van der Waals surface area contributed by atoms with E-state index in [1.54, 1.807) is 7.11 Å². The average Bonchev–Trinajstić information content (AvgIpc) is 2.46. The molecule has 0 aromatic heterocycles. The van der Waals surface area contributed by atoms with Crippen LogP contribution in [0.15, 0.2) is 29.3 Å². The summed E-state index contributed by atoms with van der Waals surface area (Å²) in [5, 5.41) is 3.12. The van der Waals surface area contributed by atoms with Crippen molar-refractivity contribution in [3.63, 3.8) is 0 Å². The second-order valence-electron chi connectivity index (χ2n) is 6.61. The van der Waals surface area contributed by atoms with Crippen LogP contribution in [0.25, 0.3) is 0 Å². The number of benzene rings is 1. The minimum atomic E-state index is 0. The molecular formula is C17H28IN3O2. The van der Waals surface area contributed by atoms with Crippen LogP contribution in [-0.4, -0.2) is 31.3 Å². The smallest absolute Gasteiger partial charge is 0.193 e. The van der Waals surface area contributed by atoms with Crippen molar-refractivity contribution in [3.05, 3.63) is 24.3 Å². The van der Waals surface area contributed by atoms with Crippen LogP contribution in [0.4, 0.5) is 5.69 Å². The molecule has 5 nitrogen and oxygen atoms in total. The number of anilines is 1. The van der Waals surface area contributed by atoms with Crippen molar-refractivity contribution < 1.29 is 9.47 Å². The minimum Gasteiger partial charge on any atom is -0.497 e. The van der Waals surface area contributed by atoms with Crippen molar-refractivity contribution in [1.82, 2.24) is 0 Å². The third kappa shape index (κ3) is 4.97. The van der Waals surface area contributed by atoms with Gasteiger partial charge in [-0.1, -0.05) is 13.8 Å². The van der Waals surface area contributed by atoms with E-state index < -0.39 is 0 Å². The molecule has 2 atom stereocenters. The molecule has 0 heterocycles. The van der Waals surface area contributed by atoms with E-state index in [1.165, 1.54) is 0 Å². The molecule has 23 heavy (non-hydrogen) atoms. The van der Waals surface area contributed by atoms with Gasteiger partial charge in [0.1, 0.15) is 5.75 Å². The number of hydrogen-bond donors (Lipinski definition) is 2. The lowest BCUT2D eigenvalue weighted by Crippen LogP contribution is -2.55. The molecule has 0 spiro atoms. The minimum absolute atomic E-state index is 0. The maximum Gasteiger partial charge on any atom is 0.193 e. The Hall–Kier alpha value is -1.02. The molecule has 0 bridgehead atoms. The number of nitrogens with zero attached hydrogens (tertiary/aromatic N) is 1. The molecule has 0 saturated heterocycles. The van der Waals surface area contributed by atoms with Crippen LogP contribution in [0.5, 0.6) is 5.75 Å². The van der Waals surface area contributed by atoms with Crippen LogP contribution in [0.3, 0.4) is 0 Å². The van der Waals surface area contributed by atoms with Gasteiger partial charge < -0.3 is 20.5 Å². The normalized spacial score (nSPS) is 23.0. The van der Waals surface area contributed by atoms with Crippen LogP contribution in [-0.2, 0) is 4.74 Å². The van der Waals surface area contributed by atoms with Gasteiger partial charge in [0.15, 0.2) is 5.96 Å². The Labute approximate surface area is 156 Å². The van der Waals surface area contributed by atoms with Crippen molar-refractivity contribution in [2.75, 3.05) is 12.4 Å². The molecule has 130 valence electrons. The predicted octanol–water partition coefficient (Wildman–Crippen LogP) is 3.63. The van der Waals surface area contributed by atoms with Gasteiger partial charge in [-0.25, -0.2) is 4.99 Å². The molecule has 1 aliphatic carbocycles. The third-order valence-corrected chi connectivity index (χ3v) is 4.22. The van der Waals surface area contributed by atoms with E-state index in [1.807, 2.05) is 24.3 Å². The molecular weight excluding hydrogens is 405 g/mol. The number of aliphatic imine (C=N–C) groups is 1. The highest BCUT2D eigenvalue weighted by molar-refractivity contribution is 14.0. The molecule has 6 heteroatoms. The quantitative estimate of drug-likeness (QED) is 0.423. The molecule has 0 amide bonds. The molecule has 3 N–H and O–H groups in total. The topological polar surface area (TPSA) is 68.9 Å². The van der Waals surface area contributed by atoms with E-state index in [2.05, 4.69) is 38.0 Å². The van der Waals surface area contributed by atoms with Crippen LogP contribution >= 0.6 is 24.0 Å². The molecule has 1 saturated carbocycles. The van der Waals surface area contributed by atoms with Crippen LogP contribution in [0, 0.1) is 5.41 Å². The van der Waals surface area contributed by atoms with Crippen molar-refractivity contribution >= 4 is 35.6 Å². The van der Waals surface area contributed by atoms with Crippen LogP contribution in [0.1, 0.15) is 34.1 Å². The van der Waals surface area contributed by atoms with Gasteiger partial charge in [0.05, 0.1) is 25.4 Å². The summed E-state index contributed by atoms with van der Waals surface area (Å²) in [6, 6.07) is 7.78. The largest absolute Gasteiger partial charge is 0.497 e. The second kappa shape index (κ2) is 8.19. The van der Waals surface area contributed by atoms with Gasteiger partial charge in [-0.2, -0.15) is 0 Å². The zero-order chi connectivity index (χ0) is 16.3. The zero-order valence-corrected chi connectivity index (χ0v) is 16.8. The lowest BCUT2D eigenvalue weighted by Gasteiger charge is -2.50. The first-order valence-electron chi connectivity index (χ1n) is 7.72. The fourth-order valence-electron chi connectivity index (χ4n) is 2.67. The van der Waals surface area contributed by atoms with E-state index in [4.69, 9.17) is 15.2 Å². The molecule has 1 aromatic carbocycles. The third-order valence-electron chi connectivity index (χ3n) is 4.22. The van der Waals surface area contributed by atoms with Gasteiger partial charge in [-0.05, 0) is 44.5 Å². The van der Waals surface area contributed by atoms with Gasteiger partial charge in [0, 0.05) is 11.1 Å². The lowest BCUT2D eigenvalue weighted by molar-refractivity contribution is -0.129. The summed E-state index contributed by atoms with van der Waals surface area (Å²) in [6.45, 7) is 8.48. The molecule has 1 aliphatic rings. The van der Waals surface area contributed by atoms with Crippen molar-refractivity contribution in [1.29, 1.82) is 0 Å². The van der Waals surface area contributed by atoms with Crippen molar-refractivity contribution in [2.45, 2.75) is 52.4 Å². The number of ether oxygens (including phenoxy) is 2. The van der Waals surface area contributed by atoms with Gasteiger partial charge >= 0.3 is 0 Å². The van der Waals surface area contributed by atoms with E-state index in [9.17, 15) is 0 Å². The predicted molar refractivity (Wildman–Crippen MR) is 106 cm³/mol. The van der Waals surface area contributed by atoms with E-state index in [0.29, 0.717) is 5.96 Å². The fraction of sp³-hybridized carbons (Fsp3) is 0.588. The molecule has 2 unspecified atom stereocenters. The lowest BCUT2D eigenvalue weighted by atomic mass is 9.64. The Balaban J connectivity index is 0.00000264. The molecule has 0 aliphatic heterocycles. The van der Waals surface area contributed by atoms with E-state index in [-0.39, 0.29) is 47.6 Å². The van der Waals surface area contributed by atoms with Gasteiger partial charge in [-0.3, -0.25) is 0 Å². The Morgan fingerprint density at radius 1 is 1.30 bits per heavy atom. The summed E-state index contributed by atoms with van der Waals surface area (Å²) in [7, 11) is 1.65. The van der Waals surface area contributed by atoms with Gasteiger partial charge in [0.2, 0.25) is 0 Å². The summed E-state index contributed by atoms with van der Waals surface area (Å²) >= 11 is 0. The summed E-state index contributed by atoms with van der Waals surface area (Å²) < 4.78 is 11.0. The highest BCUT2D eigenvalue weighted by atomic mass is 127. The van der Waals surface area contributed by atoms with Gasteiger partial charge in [0.25, 0.3) is 0 Å². The highest BCUT2D eigenvalue weighted by Crippen LogP contribution is 2.45. The number of rotatable bonds is 5. The van der Waals surface area contributed by atoms with Crippen molar-refractivity contribution in [3.8, 4) is 5.75 Å². The average molecular weight is 433 g/mol. The number of methoxy groups -OCH3 is 1. The standard InChI is InChI=1S/C17H27N3O2.HI/c1-11(2)22-15-10-14(17(15,3)4)20-16(18)19-12-6-8-13(21-5)9-7-12;/h6-9,11,14-15H,10H2,1-5H3,(H3,18,19,20);1H. The molecule has 2 rings (SSSR count). The van der Waals surface area contributed by atoms with Crippen molar-refractivity contribution in [2.24, 2.45) is 16.1 Å². The summed E-state index contributed by atoms with van der Waals surface area (Å²) in [5.41, 5.74) is 6.93. The second-order valence-corrected chi connectivity index (χ2v) is 6.61. The number of halogens is 1. The summed E-state index contributed by atoms with van der Waals surface area (Å²) in [5.74, 6) is 1.25. The first kappa shape index (κ1) is 20.0. The van der Waals surface area contributed by atoms with E-state index in [0.717, 1.165) is 17.9 Å². The first-order valence-corrected chi connectivity index (χ1v) is 7.72. The van der Waals surface area contributed by atoms with Gasteiger partial charge in [-0.15, -0.1) is 24.0 Å². The number of hydrogen-bond acceptors (Lipinski definition) is 3. The Morgan fingerprint density at radius 2 is 1.91 bits per heavy atom. The SMILES string of the molecule is COc1ccc(NC(N)=NC2CC(OC(C)C)C2(C)C)cc1.I. The van der Waals surface area contributed by atoms with E-state index >= 15 is 0 Å². The van der Waals surface area contributed by atoms with Crippen LogP contribution < -0.4 is 15.8 Å². The number of guanidine groups is 1. The molecule has 1 fully saturated rings.